The van der Waals surface area contributed by atoms with E-state index < -0.39 is 11.9 Å². The van der Waals surface area contributed by atoms with Crippen molar-refractivity contribution < 1.29 is 23.8 Å². The number of unbranched alkanes of at least 4 members (excludes halogenated alkanes) is 11. The van der Waals surface area contributed by atoms with Gasteiger partial charge >= 0.3 is 11.9 Å². The van der Waals surface area contributed by atoms with Gasteiger partial charge in [0.1, 0.15) is 17.5 Å². The molecule has 0 amide bonds. The number of methoxy groups -OCH3 is 1. The molecule has 0 aromatic carbocycles. The van der Waals surface area contributed by atoms with Crippen molar-refractivity contribution in [3.05, 3.63) is 29.6 Å². The van der Waals surface area contributed by atoms with Crippen molar-refractivity contribution in [2.75, 3.05) is 20.3 Å². The fraction of sp³-hybridized carbons (Fsp3) is 0.759. The second kappa shape index (κ2) is 21.3. The van der Waals surface area contributed by atoms with Crippen molar-refractivity contribution in [3.8, 4) is 0 Å². The van der Waals surface area contributed by atoms with Crippen LogP contribution in [0.2, 0.25) is 0 Å². The molecule has 1 aromatic heterocycles. The number of aromatic nitrogens is 1. The number of esters is 2. The van der Waals surface area contributed by atoms with Crippen molar-refractivity contribution in [1.29, 1.82) is 0 Å². The SMILES string of the molecule is CCCCCCCCCCCOC(=O)c1cccc(C(=O)OC(CCCCCC)CCCOC)n1. The smallest absolute Gasteiger partial charge is 0.357 e. The molecule has 35 heavy (non-hydrogen) atoms. The quantitative estimate of drug-likeness (QED) is 0.122. The molecule has 0 saturated carbocycles. The molecule has 1 heterocycles. The maximum Gasteiger partial charge on any atom is 0.357 e. The van der Waals surface area contributed by atoms with Gasteiger partial charge in [0.25, 0.3) is 0 Å². The molecule has 0 N–H and O–H groups in total. The summed E-state index contributed by atoms with van der Waals surface area (Å²) in [5.41, 5.74) is 0.294. The average Bonchev–Trinajstić information content (AvgIpc) is 2.87. The lowest BCUT2D eigenvalue weighted by Crippen LogP contribution is -2.21. The zero-order valence-electron chi connectivity index (χ0n) is 22.5. The largest absolute Gasteiger partial charge is 0.461 e. The van der Waals surface area contributed by atoms with E-state index in [1.54, 1.807) is 25.3 Å². The first-order valence-corrected chi connectivity index (χ1v) is 14.0. The minimum absolute atomic E-state index is 0.146. The molecule has 0 fully saturated rings. The summed E-state index contributed by atoms with van der Waals surface area (Å²) in [5.74, 6) is -0.980. The normalized spacial score (nSPS) is 11.9. The molecular formula is C29H49NO5. The maximum atomic E-state index is 12.7. The number of pyridine rings is 1. The van der Waals surface area contributed by atoms with E-state index in [2.05, 4.69) is 18.8 Å². The summed E-state index contributed by atoms with van der Waals surface area (Å²) in [6.07, 6.45) is 17.6. The molecule has 1 aromatic rings. The summed E-state index contributed by atoms with van der Waals surface area (Å²) in [6.45, 7) is 5.43. The van der Waals surface area contributed by atoms with Gasteiger partial charge in [0.05, 0.1) is 6.61 Å². The lowest BCUT2D eigenvalue weighted by molar-refractivity contribution is 0.0225. The standard InChI is InChI=1S/C29H49NO5/c1-4-6-8-10-11-12-13-14-16-24-34-28(31)26-21-17-22-27(30-26)29(32)35-25(20-18-23-33-3)19-15-9-7-5-2/h17,21-22,25H,4-16,18-20,23-24H2,1-3H3. The Morgan fingerprint density at radius 3 is 1.89 bits per heavy atom. The lowest BCUT2D eigenvalue weighted by Gasteiger charge is -2.18. The van der Waals surface area contributed by atoms with Gasteiger partial charge in [-0.05, 0) is 44.2 Å². The van der Waals surface area contributed by atoms with Crippen LogP contribution in [0, 0.1) is 0 Å². The van der Waals surface area contributed by atoms with Crippen LogP contribution in [0.15, 0.2) is 18.2 Å². The Labute approximate surface area is 213 Å². The minimum atomic E-state index is -0.490. The van der Waals surface area contributed by atoms with Crippen LogP contribution in [0.3, 0.4) is 0 Å². The van der Waals surface area contributed by atoms with Gasteiger partial charge < -0.3 is 14.2 Å². The molecule has 0 aliphatic carbocycles. The van der Waals surface area contributed by atoms with Crippen LogP contribution in [0.4, 0.5) is 0 Å². The van der Waals surface area contributed by atoms with Crippen molar-refractivity contribution in [3.63, 3.8) is 0 Å². The van der Waals surface area contributed by atoms with Gasteiger partial charge in [-0.3, -0.25) is 0 Å². The lowest BCUT2D eigenvalue weighted by atomic mass is 10.1. The first-order valence-electron chi connectivity index (χ1n) is 14.0. The van der Waals surface area contributed by atoms with Crippen LogP contribution in [0.5, 0.6) is 0 Å². The fourth-order valence-corrected chi connectivity index (χ4v) is 4.04. The third kappa shape index (κ3) is 15.6. The van der Waals surface area contributed by atoms with Gasteiger partial charge in [-0.25, -0.2) is 14.6 Å². The van der Waals surface area contributed by atoms with E-state index in [0.717, 1.165) is 44.9 Å². The molecule has 0 aliphatic heterocycles. The molecular weight excluding hydrogens is 442 g/mol. The molecule has 1 atom stereocenters. The number of hydrogen-bond acceptors (Lipinski definition) is 6. The Morgan fingerprint density at radius 2 is 1.26 bits per heavy atom. The van der Waals surface area contributed by atoms with E-state index in [0.29, 0.717) is 13.2 Å². The molecule has 200 valence electrons. The summed E-state index contributed by atoms with van der Waals surface area (Å²) >= 11 is 0. The Bertz CT molecular complexity index is 679. The topological polar surface area (TPSA) is 74.7 Å². The van der Waals surface area contributed by atoms with Crippen LogP contribution in [0.1, 0.15) is 138 Å². The monoisotopic (exact) mass is 491 g/mol. The highest BCUT2D eigenvalue weighted by Crippen LogP contribution is 2.16. The second-order valence-electron chi connectivity index (χ2n) is 9.38. The Kier molecular flexibility index (Phi) is 19.0. The van der Waals surface area contributed by atoms with Crippen LogP contribution in [0.25, 0.3) is 0 Å². The number of rotatable bonds is 22. The maximum absolute atomic E-state index is 12.7. The molecule has 1 rings (SSSR count). The van der Waals surface area contributed by atoms with Gasteiger partial charge in [-0.15, -0.1) is 0 Å². The highest BCUT2D eigenvalue weighted by Gasteiger charge is 2.19. The Hall–Kier alpha value is -1.95. The van der Waals surface area contributed by atoms with Gasteiger partial charge in [0, 0.05) is 13.7 Å². The molecule has 0 radical (unpaired) electrons. The number of carbonyl (C=O) groups is 2. The summed E-state index contributed by atoms with van der Waals surface area (Å²) in [6, 6.07) is 4.82. The third-order valence-corrected chi connectivity index (χ3v) is 6.18. The predicted octanol–water partition coefficient (Wildman–Crippen LogP) is 7.69. The highest BCUT2D eigenvalue weighted by molar-refractivity contribution is 5.91. The van der Waals surface area contributed by atoms with Crippen molar-refractivity contribution >= 4 is 11.9 Å². The van der Waals surface area contributed by atoms with Crippen LogP contribution < -0.4 is 0 Å². The van der Waals surface area contributed by atoms with E-state index in [4.69, 9.17) is 14.2 Å². The van der Waals surface area contributed by atoms with E-state index in [-0.39, 0.29) is 17.5 Å². The van der Waals surface area contributed by atoms with E-state index in [1.807, 2.05) is 0 Å². The third-order valence-electron chi connectivity index (χ3n) is 6.18. The molecule has 0 saturated heterocycles. The summed E-state index contributed by atoms with van der Waals surface area (Å²) in [5, 5.41) is 0. The van der Waals surface area contributed by atoms with Crippen molar-refractivity contribution in [1.82, 2.24) is 4.98 Å². The number of hydrogen-bond donors (Lipinski definition) is 0. The van der Waals surface area contributed by atoms with Crippen LogP contribution in [-0.2, 0) is 14.2 Å². The number of carbonyl (C=O) groups excluding carboxylic acids is 2. The molecule has 0 bridgehead atoms. The predicted molar refractivity (Wildman–Crippen MR) is 141 cm³/mol. The first kappa shape index (κ1) is 31.1. The van der Waals surface area contributed by atoms with Gasteiger partial charge in [-0.1, -0.05) is 90.5 Å². The van der Waals surface area contributed by atoms with Crippen LogP contribution >= 0.6 is 0 Å². The zero-order valence-corrected chi connectivity index (χ0v) is 22.5. The number of nitrogens with zero attached hydrogens (tertiary/aromatic N) is 1. The molecule has 6 heteroatoms. The first-order chi connectivity index (χ1) is 17.1. The minimum Gasteiger partial charge on any atom is -0.461 e. The summed E-state index contributed by atoms with van der Waals surface area (Å²) in [4.78, 5) is 29.4. The van der Waals surface area contributed by atoms with Crippen LogP contribution in [-0.4, -0.2) is 43.4 Å². The number of ether oxygens (including phenoxy) is 3. The zero-order chi connectivity index (χ0) is 25.6. The molecule has 0 spiro atoms. The van der Waals surface area contributed by atoms with E-state index in [1.165, 1.54) is 57.8 Å². The molecule has 6 nitrogen and oxygen atoms in total. The average molecular weight is 492 g/mol. The molecule has 1 unspecified atom stereocenters. The summed E-state index contributed by atoms with van der Waals surface area (Å²) < 4.78 is 16.3. The molecule has 0 aliphatic rings. The highest BCUT2D eigenvalue weighted by atomic mass is 16.5. The Balaban J connectivity index is 2.42. The van der Waals surface area contributed by atoms with Gasteiger partial charge in [-0.2, -0.15) is 0 Å². The Morgan fingerprint density at radius 1 is 0.714 bits per heavy atom. The van der Waals surface area contributed by atoms with E-state index in [9.17, 15) is 9.59 Å². The summed E-state index contributed by atoms with van der Waals surface area (Å²) in [7, 11) is 1.67. The van der Waals surface area contributed by atoms with Crippen molar-refractivity contribution in [2.24, 2.45) is 0 Å². The van der Waals surface area contributed by atoms with Gasteiger partial charge in [0.15, 0.2) is 0 Å². The van der Waals surface area contributed by atoms with Gasteiger partial charge in [0.2, 0.25) is 0 Å². The fourth-order valence-electron chi connectivity index (χ4n) is 4.04. The van der Waals surface area contributed by atoms with E-state index >= 15 is 0 Å². The second-order valence-corrected chi connectivity index (χ2v) is 9.38. The van der Waals surface area contributed by atoms with Crippen molar-refractivity contribution in [2.45, 2.75) is 123 Å².